The highest BCUT2D eigenvalue weighted by molar-refractivity contribution is 5.94. The van der Waals surface area contributed by atoms with Crippen molar-refractivity contribution < 1.29 is 29.4 Å². The van der Waals surface area contributed by atoms with Crippen molar-refractivity contribution in [2.75, 3.05) is 6.54 Å². The van der Waals surface area contributed by atoms with E-state index in [4.69, 9.17) is 17.2 Å². The molecule has 13 nitrogen and oxygen atoms in total. The van der Waals surface area contributed by atoms with Gasteiger partial charge in [-0.15, -0.1) is 0 Å². The summed E-state index contributed by atoms with van der Waals surface area (Å²) >= 11 is 0. The zero-order valence-corrected chi connectivity index (χ0v) is 23.0. The third-order valence-electron chi connectivity index (χ3n) is 5.93. The van der Waals surface area contributed by atoms with Crippen LogP contribution in [0, 0.1) is 11.8 Å². The number of aliphatic carboxylic acids is 1. The van der Waals surface area contributed by atoms with E-state index in [0.717, 1.165) is 0 Å². The molecule has 0 radical (unpaired) electrons. The molecule has 1 rings (SSSR count). The summed E-state index contributed by atoms with van der Waals surface area (Å²) < 4.78 is 0. The number of amides is 3. The fourth-order valence-corrected chi connectivity index (χ4v) is 3.66. The summed E-state index contributed by atoms with van der Waals surface area (Å²) in [5.41, 5.74) is 17.3. The highest BCUT2D eigenvalue weighted by atomic mass is 16.4. The fourth-order valence-electron chi connectivity index (χ4n) is 3.66. The predicted molar refractivity (Wildman–Crippen MR) is 147 cm³/mol. The number of hydrogen-bond donors (Lipinski definition) is 8. The van der Waals surface area contributed by atoms with Gasteiger partial charge >= 0.3 is 5.97 Å². The van der Waals surface area contributed by atoms with Gasteiger partial charge in [0.2, 0.25) is 17.7 Å². The van der Waals surface area contributed by atoms with Crippen LogP contribution < -0.4 is 33.2 Å². The van der Waals surface area contributed by atoms with Gasteiger partial charge in [-0.25, -0.2) is 4.79 Å². The Kier molecular flexibility index (Phi) is 13.7. The summed E-state index contributed by atoms with van der Waals surface area (Å²) in [4.78, 5) is 54.9. The van der Waals surface area contributed by atoms with Gasteiger partial charge in [-0.2, -0.15) is 0 Å². The number of hydrogen-bond acceptors (Lipinski definition) is 7. The molecule has 11 N–H and O–H groups in total. The first-order valence-corrected chi connectivity index (χ1v) is 12.9. The summed E-state index contributed by atoms with van der Waals surface area (Å²) in [7, 11) is 0. The van der Waals surface area contributed by atoms with Crippen LogP contribution in [0.3, 0.4) is 0 Å². The number of nitrogens with zero attached hydrogens (tertiary/aromatic N) is 1. The third kappa shape index (κ3) is 12.5. The van der Waals surface area contributed by atoms with Crippen molar-refractivity contribution in [3.05, 3.63) is 29.8 Å². The molecule has 3 amide bonds. The number of carboxylic acids is 1. The first kappa shape index (κ1) is 33.2. The highest BCUT2D eigenvalue weighted by Gasteiger charge is 2.31. The van der Waals surface area contributed by atoms with Crippen LogP contribution in [0.1, 0.15) is 52.5 Å². The van der Waals surface area contributed by atoms with E-state index in [-0.39, 0.29) is 49.4 Å². The van der Waals surface area contributed by atoms with Gasteiger partial charge in [0.15, 0.2) is 5.96 Å². The highest BCUT2D eigenvalue weighted by Crippen LogP contribution is 2.13. The van der Waals surface area contributed by atoms with Gasteiger partial charge in [0.25, 0.3) is 0 Å². The fraction of sp³-hybridized carbons (Fsp3) is 0.577. The molecule has 4 unspecified atom stereocenters. The summed E-state index contributed by atoms with van der Waals surface area (Å²) in [6.45, 7) is 7.38. The zero-order chi connectivity index (χ0) is 29.7. The zero-order valence-electron chi connectivity index (χ0n) is 23.0. The monoisotopic (exact) mass is 549 g/mol. The Balaban J connectivity index is 3.19. The van der Waals surface area contributed by atoms with Crippen molar-refractivity contribution in [3.63, 3.8) is 0 Å². The van der Waals surface area contributed by atoms with E-state index in [0.29, 0.717) is 12.0 Å². The number of guanidine groups is 1. The Morgan fingerprint density at radius 3 is 1.92 bits per heavy atom. The van der Waals surface area contributed by atoms with Gasteiger partial charge in [-0.05, 0) is 48.8 Å². The average Bonchev–Trinajstić information content (AvgIpc) is 2.84. The standard InChI is InChI=1S/C26H43N7O6/c1-14(2)12-20(25(38)39)33-22(35)18(6-5-11-30-26(28)29)31-23(36)19(32-24(37)21(27)15(3)4)13-16-7-9-17(34)10-8-16/h7-10,14-15,18-21,34H,5-6,11-13,27H2,1-4H3,(H,31,36)(H,32,37)(H,33,35)(H,38,39)(H4,28,29,30). The van der Waals surface area contributed by atoms with Crippen LogP contribution in [0.5, 0.6) is 5.75 Å². The second-order valence-electron chi connectivity index (χ2n) is 10.2. The molecule has 0 saturated heterocycles. The first-order valence-electron chi connectivity index (χ1n) is 12.9. The van der Waals surface area contributed by atoms with Gasteiger partial charge < -0.3 is 43.4 Å². The smallest absolute Gasteiger partial charge is 0.326 e. The molecule has 4 atom stereocenters. The minimum Gasteiger partial charge on any atom is -0.508 e. The minimum absolute atomic E-state index is 0.00336. The number of nitrogens with one attached hydrogen (secondary N) is 3. The van der Waals surface area contributed by atoms with Crippen molar-refractivity contribution in [3.8, 4) is 5.75 Å². The number of carbonyl (C=O) groups excluding carboxylic acids is 3. The Morgan fingerprint density at radius 1 is 0.872 bits per heavy atom. The minimum atomic E-state index is -1.19. The number of nitrogens with two attached hydrogens (primary N) is 3. The SMILES string of the molecule is CC(C)CC(NC(=O)C(CCCN=C(N)N)NC(=O)C(Cc1ccc(O)cc1)NC(=O)C(N)C(C)C)C(=O)O. The topological polar surface area (TPSA) is 235 Å². The van der Waals surface area contributed by atoms with Gasteiger partial charge in [-0.1, -0.05) is 39.8 Å². The number of rotatable bonds is 16. The van der Waals surface area contributed by atoms with Crippen molar-refractivity contribution in [1.29, 1.82) is 0 Å². The van der Waals surface area contributed by atoms with Gasteiger partial charge in [0, 0.05) is 13.0 Å². The molecule has 0 fully saturated rings. The maximum Gasteiger partial charge on any atom is 0.326 e. The Labute approximate surface area is 229 Å². The second kappa shape index (κ2) is 16.2. The quantitative estimate of drug-likeness (QED) is 0.0756. The van der Waals surface area contributed by atoms with Crippen LogP contribution in [0.2, 0.25) is 0 Å². The average molecular weight is 550 g/mol. The summed E-state index contributed by atoms with van der Waals surface area (Å²) in [6, 6.07) is 1.86. The molecular weight excluding hydrogens is 506 g/mol. The van der Waals surface area contributed by atoms with Gasteiger partial charge in [0.1, 0.15) is 23.9 Å². The van der Waals surface area contributed by atoms with E-state index < -0.39 is 47.9 Å². The van der Waals surface area contributed by atoms with Gasteiger partial charge in [0.05, 0.1) is 6.04 Å². The summed E-state index contributed by atoms with van der Waals surface area (Å²) in [6.07, 6.45) is 0.664. The van der Waals surface area contributed by atoms with Crippen molar-refractivity contribution in [2.24, 2.45) is 34.0 Å². The number of carbonyl (C=O) groups is 4. The summed E-state index contributed by atoms with van der Waals surface area (Å²) in [5, 5.41) is 26.9. The number of aromatic hydroxyl groups is 1. The molecule has 1 aromatic carbocycles. The number of phenols is 1. The molecule has 0 spiro atoms. The van der Waals surface area contributed by atoms with Gasteiger partial charge in [-0.3, -0.25) is 19.4 Å². The van der Waals surface area contributed by atoms with Crippen LogP contribution >= 0.6 is 0 Å². The van der Waals surface area contributed by atoms with Crippen LogP contribution in [0.25, 0.3) is 0 Å². The Bertz CT molecular complexity index is 993. The molecule has 0 bridgehead atoms. The molecule has 1 aromatic rings. The lowest BCUT2D eigenvalue weighted by Gasteiger charge is -2.26. The third-order valence-corrected chi connectivity index (χ3v) is 5.93. The molecule has 39 heavy (non-hydrogen) atoms. The Morgan fingerprint density at radius 2 is 1.41 bits per heavy atom. The maximum absolute atomic E-state index is 13.4. The van der Waals surface area contributed by atoms with E-state index in [9.17, 15) is 29.4 Å². The van der Waals surface area contributed by atoms with E-state index in [1.54, 1.807) is 26.0 Å². The van der Waals surface area contributed by atoms with Crippen LogP contribution in [-0.2, 0) is 25.6 Å². The predicted octanol–water partition coefficient (Wildman–Crippen LogP) is -0.443. The number of carboxylic acid groups (broad SMARTS) is 1. The number of phenolic OH excluding ortho intramolecular Hbond substituents is 1. The molecule has 0 saturated carbocycles. The number of aliphatic imine (C=N–C) groups is 1. The maximum atomic E-state index is 13.4. The molecule has 0 aliphatic heterocycles. The lowest BCUT2D eigenvalue weighted by atomic mass is 10.0. The first-order chi connectivity index (χ1) is 18.2. The van der Waals surface area contributed by atoms with E-state index in [2.05, 4.69) is 20.9 Å². The van der Waals surface area contributed by atoms with Crippen molar-refractivity contribution >= 4 is 29.7 Å². The normalized spacial score (nSPS) is 14.1. The van der Waals surface area contributed by atoms with Crippen molar-refractivity contribution in [2.45, 2.75) is 77.5 Å². The molecule has 218 valence electrons. The van der Waals surface area contributed by atoms with Crippen LogP contribution in [0.15, 0.2) is 29.3 Å². The lowest BCUT2D eigenvalue weighted by Crippen LogP contribution is -2.58. The van der Waals surface area contributed by atoms with E-state index in [1.165, 1.54) is 12.1 Å². The largest absolute Gasteiger partial charge is 0.508 e. The molecule has 0 aliphatic rings. The van der Waals surface area contributed by atoms with Crippen LogP contribution in [-0.4, -0.2) is 70.6 Å². The number of benzene rings is 1. The van der Waals surface area contributed by atoms with Crippen LogP contribution in [0.4, 0.5) is 0 Å². The van der Waals surface area contributed by atoms with E-state index in [1.807, 2.05) is 13.8 Å². The Hall–Kier alpha value is -3.87. The van der Waals surface area contributed by atoms with Crippen molar-refractivity contribution in [1.82, 2.24) is 16.0 Å². The molecule has 0 aromatic heterocycles. The molecule has 0 heterocycles. The molecular formula is C26H43N7O6. The second-order valence-corrected chi connectivity index (χ2v) is 10.2. The lowest BCUT2D eigenvalue weighted by molar-refractivity contribution is -0.142. The summed E-state index contributed by atoms with van der Waals surface area (Å²) in [5.74, 6) is -3.36. The molecule has 0 aliphatic carbocycles. The van der Waals surface area contributed by atoms with E-state index >= 15 is 0 Å². The molecule has 13 heteroatoms.